The first kappa shape index (κ1) is 14.2. The number of fused-ring (bicyclic) bond motifs is 1. The lowest BCUT2D eigenvalue weighted by atomic mass is 9.94. The molecule has 1 aliphatic heterocycles. The molecule has 110 valence electrons. The minimum Gasteiger partial charge on any atom is -0.330 e. The van der Waals surface area contributed by atoms with Crippen LogP contribution in [0, 0.1) is 5.92 Å². The quantitative estimate of drug-likeness (QED) is 0.947. The first-order chi connectivity index (χ1) is 10.2. The molecule has 1 aromatic carbocycles. The van der Waals surface area contributed by atoms with Crippen molar-refractivity contribution in [1.29, 1.82) is 0 Å². The Labute approximate surface area is 128 Å². The normalized spacial score (nSPS) is 17.6. The summed E-state index contributed by atoms with van der Waals surface area (Å²) >= 11 is 1.51. The van der Waals surface area contributed by atoms with Gasteiger partial charge in [-0.2, -0.15) is 0 Å². The van der Waals surface area contributed by atoms with E-state index in [9.17, 15) is 4.79 Å². The molecule has 0 saturated heterocycles. The van der Waals surface area contributed by atoms with Gasteiger partial charge in [0.05, 0.1) is 5.01 Å². The van der Waals surface area contributed by atoms with Crippen LogP contribution >= 0.6 is 11.3 Å². The van der Waals surface area contributed by atoms with Crippen LogP contribution in [0.25, 0.3) is 0 Å². The Hall–Kier alpha value is -1.72. The van der Waals surface area contributed by atoms with E-state index in [0.717, 1.165) is 30.1 Å². The molecule has 0 radical (unpaired) electrons. The molecular formula is C16H19N3OS. The molecule has 0 unspecified atom stereocenters. The average Bonchev–Trinajstić information content (AvgIpc) is 2.94. The highest BCUT2D eigenvalue weighted by molar-refractivity contribution is 7.09. The van der Waals surface area contributed by atoms with Gasteiger partial charge >= 0.3 is 0 Å². The summed E-state index contributed by atoms with van der Waals surface area (Å²) in [4.78, 5) is 19.1. The van der Waals surface area contributed by atoms with Crippen molar-refractivity contribution in [2.45, 2.75) is 19.8 Å². The molecule has 1 aromatic heterocycles. The van der Waals surface area contributed by atoms with Gasteiger partial charge in [0.1, 0.15) is 5.69 Å². The van der Waals surface area contributed by atoms with Gasteiger partial charge in [0.2, 0.25) is 0 Å². The van der Waals surface area contributed by atoms with Crippen molar-refractivity contribution in [1.82, 2.24) is 4.98 Å². The van der Waals surface area contributed by atoms with Crippen molar-refractivity contribution in [3.8, 4) is 0 Å². The molecule has 2 heterocycles. The molecule has 0 spiro atoms. The molecule has 1 amide bonds. The Morgan fingerprint density at radius 1 is 1.48 bits per heavy atom. The van der Waals surface area contributed by atoms with Gasteiger partial charge < -0.3 is 10.6 Å². The number of rotatable bonds is 3. The molecular weight excluding hydrogens is 282 g/mol. The summed E-state index contributed by atoms with van der Waals surface area (Å²) in [6.07, 6.45) is 1.75. The topological polar surface area (TPSA) is 59.2 Å². The lowest BCUT2D eigenvalue weighted by Gasteiger charge is -2.32. The summed E-state index contributed by atoms with van der Waals surface area (Å²) in [6, 6.07) is 8.14. The van der Waals surface area contributed by atoms with Crippen molar-refractivity contribution in [2.75, 3.05) is 18.0 Å². The Bertz CT molecular complexity index is 652. The Kier molecular flexibility index (Phi) is 4.03. The van der Waals surface area contributed by atoms with E-state index in [1.807, 2.05) is 28.5 Å². The largest absolute Gasteiger partial charge is 0.330 e. The molecule has 0 aliphatic carbocycles. The first-order valence-corrected chi connectivity index (χ1v) is 8.11. The van der Waals surface area contributed by atoms with Gasteiger partial charge in [0.25, 0.3) is 5.91 Å². The maximum absolute atomic E-state index is 12.8. The van der Waals surface area contributed by atoms with Crippen LogP contribution in [-0.4, -0.2) is 24.0 Å². The molecule has 3 rings (SSSR count). The van der Waals surface area contributed by atoms with Crippen LogP contribution in [0.4, 0.5) is 5.69 Å². The van der Waals surface area contributed by atoms with Crippen molar-refractivity contribution >= 4 is 22.9 Å². The van der Waals surface area contributed by atoms with Crippen molar-refractivity contribution in [3.05, 3.63) is 45.9 Å². The Morgan fingerprint density at radius 3 is 3.10 bits per heavy atom. The van der Waals surface area contributed by atoms with Crippen LogP contribution < -0.4 is 10.6 Å². The smallest absolute Gasteiger partial charge is 0.277 e. The number of amides is 1. The van der Waals surface area contributed by atoms with Gasteiger partial charge in [-0.1, -0.05) is 25.1 Å². The zero-order valence-corrected chi connectivity index (χ0v) is 12.9. The number of hydrogen-bond donors (Lipinski definition) is 1. The molecule has 2 N–H and O–H groups in total. The number of para-hydroxylation sites is 1. The maximum atomic E-state index is 12.8. The average molecular weight is 301 g/mol. The number of aromatic nitrogens is 1. The highest BCUT2D eigenvalue weighted by Crippen LogP contribution is 2.30. The number of nitrogens with zero attached hydrogens (tertiary/aromatic N) is 2. The van der Waals surface area contributed by atoms with E-state index >= 15 is 0 Å². The van der Waals surface area contributed by atoms with Gasteiger partial charge in [0.15, 0.2) is 0 Å². The van der Waals surface area contributed by atoms with E-state index in [4.69, 9.17) is 5.73 Å². The molecule has 1 atom stereocenters. The third-order valence-electron chi connectivity index (χ3n) is 3.72. The second-order valence-electron chi connectivity index (χ2n) is 5.52. The predicted molar refractivity (Wildman–Crippen MR) is 85.9 cm³/mol. The summed E-state index contributed by atoms with van der Waals surface area (Å²) in [7, 11) is 0. The summed E-state index contributed by atoms with van der Waals surface area (Å²) < 4.78 is 0. The molecule has 21 heavy (non-hydrogen) atoms. The van der Waals surface area contributed by atoms with Crippen molar-refractivity contribution in [3.63, 3.8) is 0 Å². The number of nitrogens with two attached hydrogens (primary N) is 1. The fourth-order valence-electron chi connectivity index (χ4n) is 2.77. The van der Waals surface area contributed by atoms with Crippen LogP contribution in [0.15, 0.2) is 29.6 Å². The van der Waals surface area contributed by atoms with E-state index < -0.39 is 0 Å². The molecule has 0 saturated carbocycles. The standard InChI is InChI=1S/C16H19N3OS/c1-11-8-12-4-2-3-5-14(12)19(9-11)16(20)13-10-21-15(18-13)6-7-17/h2-5,10-11H,6-9,17H2,1H3/t11-/m0/s1. The van der Waals surface area contributed by atoms with Crippen LogP contribution in [0.1, 0.15) is 28.0 Å². The number of thiazole rings is 1. The van der Waals surface area contributed by atoms with E-state index in [-0.39, 0.29) is 5.91 Å². The van der Waals surface area contributed by atoms with Crippen LogP contribution in [0.3, 0.4) is 0 Å². The third kappa shape index (κ3) is 2.84. The lowest BCUT2D eigenvalue weighted by molar-refractivity contribution is 0.0976. The van der Waals surface area contributed by atoms with Gasteiger partial charge in [-0.3, -0.25) is 4.79 Å². The predicted octanol–water partition coefficient (Wildman–Crippen LogP) is 2.48. The second kappa shape index (κ2) is 5.95. The molecule has 1 aliphatic rings. The number of benzene rings is 1. The second-order valence-corrected chi connectivity index (χ2v) is 6.46. The lowest BCUT2D eigenvalue weighted by Crippen LogP contribution is -2.39. The number of hydrogen-bond acceptors (Lipinski definition) is 4. The molecule has 4 nitrogen and oxygen atoms in total. The SMILES string of the molecule is C[C@H]1Cc2ccccc2N(C(=O)c2csc(CCN)n2)C1. The summed E-state index contributed by atoms with van der Waals surface area (Å²) in [5.41, 5.74) is 8.34. The van der Waals surface area contributed by atoms with E-state index in [1.54, 1.807) is 0 Å². The zero-order valence-electron chi connectivity index (χ0n) is 12.1. The number of carbonyl (C=O) groups excluding carboxylic acids is 1. The maximum Gasteiger partial charge on any atom is 0.277 e. The Morgan fingerprint density at radius 2 is 2.29 bits per heavy atom. The fourth-order valence-corrected chi connectivity index (χ4v) is 3.56. The summed E-state index contributed by atoms with van der Waals surface area (Å²) in [5.74, 6) is 0.458. The number of anilines is 1. The third-order valence-corrected chi connectivity index (χ3v) is 4.63. The molecule has 2 aromatic rings. The molecule has 5 heteroatoms. The monoisotopic (exact) mass is 301 g/mol. The fraction of sp³-hybridized carbons (Fsp3) is 0.375. The van der Waals surface area contributed by atoms with Gasteiger partial charge in [-0.15, -0.1) is 11.3 Å². The summed E-state index contributed by atoms with van der Waals surface area (Å²) in [6.45, 7) is 3.49. The van der Waals surface area contributed by atoms with Gasteiger partial charge in [-0.05, 0) is 30.5 Å². The first-order valence-electron chi connectivity index (χ1n) is 7.23. The highest BCUT2D eigenvalue weighted by Gasteiger charge is 2.28. The van der Waals surface area contributed by atoms with E-state index in [2.05, 4.69) is 18.0 Å². The van der Waals surface area contributed by atoms with Crippen LogP contribution in [0.5, 0.6) is 0 Å². The van der Waals surface area contributed by atoms with E-state index in [0.29, 0.717) is 18.2 Å². The van der Waals surface area contributed by atoms with Crippen LogP contribution in [-0.2, 0) is 12.8 Å². The highest BCUT2D eigenvalue weighted by atomic mass is 32.1. The zero-order chi connectivity index (χ0) is 14.8. The Balaban J connectivity index is 1.90. The van der Waals surface area contributed by atoms with Gasteiger partial charge in [-0.25, -0.2) is 4.98 Å². The van der Waals surface area contributed by atoms with Crippen molar-refractivity contribution < 1.29 is 4.79 Å². The van der Waals surface area contributed by atoms with Crippen molar-refractivity contribution in [2.24, 2.45) is 11.7 Å². The van der Waals surface area contributed by atoms with E-state index in [1.165, 1.54) is 16.9 Å². The number of carbonyl (C=O) groups is 1. The minimum absolute atomic E-state index is 0.00600. The summed E-state index contributed by atoms with van der Waals surface area (Å²) in [5, 5.41) is 2.77. The minimum atomic E-state index is -0.00600. The molecule has 0 bridgehead atoms. The van der Waals surface area contributed by atoms with Crippen LogP contribution in [0.2, 0.25) is 0 Å². The molecule has 0 fully saturated rings. The van der Waals surface area contributed by atoms with Gasteiger partial charge in [0, 0.05) is 24.0 Å².